The van der Waals surface area contributed by atoms with E-state index in [4.69, 9.17) is 34.8 Å². The van der Waals surface area contributed by atoms with Crippen LogP contribution in [0.25, 0.3) is 11.3 Å². The van der Waals surface area contributed by atoms with Crippen molar-refractivity contribution in [3.63, 3.8) is 0 Å². The molecule has 6 heteroatoms. The lowest BCUT2D eigenvalue weighted by molar-refractivity contribution is 0.620. The zero-order valence-electron chi connectivity index (χ0n) is 8.15. The van der Waals surface area contributed by atoms with E-state index in [1.807, 2.05) is 22.6 Å². The molecule has 1 aromatic heterocycles. The maximum Gasteiger partial charge on any atom is 0.142 e. The van der Waals surface area contributed by atoms with Gasteiger partial charge in [0, 0.05) is 9.13 Å². The Morgan fingerprint density at radius 1 is 1.12 bits per heavy atom. The van der Waals surface area contributed by atoms with Crippen LogP contribution in [-0.2, 0) is 0 Å². The first-order valence-corrected chi connectivity index (χ1v) is 6.67. The molecule has 0 atom stereocenters. The summed E-state index contributed by atoms with van der Waals surface area (Å²) in [4.78, 5) is 4.01. The molecule has 0 saturated carbocycles. The minimum absolute atomic E-state index is 0.271. The quantitative estimate of drug-likeness (QED) is 0.456. The number of nitrogens with zero attached hydrogens (tertiary/aromatic N) is 1. The standard InChI is InChI=1S/C11H4Cl3FIN/c12-7-2-1-6(9(13)10(7)14)11-8(16)3-5(15)4-17-11/h1-4H. The van der Waals surface area contributed by atoms with E-state index in [1.165, 1.54) is 6.07 Å². The van der Waals surface area contributed by atoms with Crippen molar-refractivity contribution in [2.24, 2.45) is 0 Å². The number of rotatable bonds is 1. The van der Waals surface area contributed by atoms with Crippen molar-refractivity contribution >= 4 is 57.4 Å². The molecule has 1 heterocycles. The number of hydrogen-bond acceptors (Lipinski definition) is 1. The summed E-state index contributed by atoms with van der Waals surface area (Å²) in [5.74, 6) is -0.394. The molecule has 0 aliphatic heterocycles. The third-order valence-corrected chi connectivity index (χ3v) is 4.21. The normalized spacial score (nSPS) is 10.6. The maximum absolute atomic E-state index is 13.0. The Kier molecular flexibility index (Phi) is 4.13. The highest BCUT2D eigenvalue weighted by Crippen LogP contribution is 2.38. The molecule has 0 aliphatic carbocycles. The van der Waals surface area contributed by atoms with Gasteiger partial charge in [0.15, 0.2) is 0 Å². The Bertz CT molecular complexity index is 589. The largest absolute Gasteiger partial charge is 0.252 e. The third kappa shape index (κ3) is 2.67. The van der Waals surface area contributed by atoms with Gasteiger partial charge in [0.1, 0.15) is 5.82 Å². The molecule has 0 spiro atoms. The van der Waals surface area contributed by atoms with Crippen molar-refractivity contribution in [2.45, 2.75) is 0 Å². The highest BCUT2D eigenvalue weighted by Gasteiger charge is 2.14. The number of benzene rings is 1. The first kappa shape index (κ1) is 13.3. The lowest BCUT2D eigenvalue weighted by atomic mass is 10.1. The molecule has 0 unspecified atom stereocenters. The fourth-order valence-corrected chi connectivity index (χ4v) is 2.67. The third-order valence-electron chi connectivity index (χ3n) is 2.10. The van der Waals surface area contributed by atoms with E-state index in [-0.39, 0.29) is 5.02 Å². The second-order valence-electron chi connectivity index (χ2n) is 3.21. The van der Waals surface area contributed by atoms with Gasteiger partial charge < -0.3 is 0 Å². The first-order chi connectivity index (χ1) is 8.00. The molecule has 2 rings (SSSR count). The second kappa shape index (κ2) is 5.26. The predicted octanol–water partition coefficient (Wildman–Crippen LogP) is 5.45. The number of aromatic nitrogens is 1. The van der Waals surface area contributed by atoms with Crippen molar-refractivity contribution in [1.29, 1.82) is 0 Å². The molecule has 0 radical (unpaired) electrons. The Labute approximate surface area is 126 Å². The van der Waals surface area contributed by atoms with Crippen LogP contribution in [0, 0.1) is 9.39 Å². The van der Waals surface area contributed by atoms with Gasteiger partial charge >= 0.3 is 0 Å². The highest BCUT2D eigenvalue weighted by atomic mass is 127. The van der Waals surface area contributed by atoms with Crippen LogP contribution in [0.3, 0.4) is 0 Å². The van der Waals surface area contributed by atoms with Crippen LogP contribution in [0.1, 0.15) is 0 Å². The van der Waals surface area contributed by atoms with Gasteiger partial charge in [-0.2, -0.15) is 0 Å². The van der Waals surface area contributed by atoms with E-state index in [0.29, 0.717) is 24.9 Å². The van der Waals surface area contributed by atoms with Gasteiger partial charge in [0.05, 0.1) is 27.0 Å². The molecular formula is C11H4Cl3FIN. The van der Waals surface area contributed by atoms with Gasteiger partial charge in [0.2, 0.25) is 0 Å². The summed E-state index contributed by atoms with van der Waals surface area (Å²) in [6.07, 6.45) is 1.14. The van der Waals surface area contributed by atoms with E-state index < -0.39 is 5.82 Å². The van der Waals surface area contributed by atoms with Gasteiger partial charge in [-0.3, -0.25) is 4.98 Å². The molecule has 1 nitrogen and oxygen atoms in total. The minimum Gasteiger partial charge on any atom is -0.252 e. The van der Waals surface area contributed by atoms with Gasteiger partial charge in [-0.25, -0.2) is 4.39 Å². The second-order valence-corrected chi connectivity index (χ2v) is 5.53. The summed E-state index contributed by atoms with van der Waals surface area (Å²) >= 11 is 19.9. The number of hydrogen-bond donors (Lipinski definition) is 0. The van der Waals surface area contributed by atoms with E-state index >= 15 is 0 Å². The Morgan fingerprint density at radius 2 is 1.82 bits per heavy atom. The Hall–Kier alpha value is -0.100. The summed E-state index contributed by atoms with van der Waals surface area (Å²) in [6.45, 7) is 0. The average molecular weight is 402 g/mol. The summed E-state index contributed by atoms with van der Waals surface area (Å²) < 4.78 is 13.6. The van der Waals surface area contributed by atoms with Crippen molar-refractivity contribution in [3.05, 3.63) is 48.9 Å². The number of pyridine rings is 1. The molecule has 0 N–H and O–H groups in total. The Morgan fingerprint density at radius 3 is 2.47 bits per heavy atom. The Balaban J connectivity index is 2.65. The molecular weight excluding hydrogens is 398 g/mol. The summed E-state index contributed by atoms with van der Waals surface area (Å²) in [5.41, 5.74) is 1.21. The molecule has 0 bridgehead atoms. The van der Waals surface area contributed by atoms with Gasteiger partial charge in [-0.1, -0.05) is 34.8 Å². The lowest BCUT2D eigenvalue weighted by Crippen LogP contribution is -1.91. The summed E-state index contributed by atoms with van der Waals surface area (Å²) in [7, 11) is 0. The lowest BCUT2D eigenvalue weighted by Gasteiger charge is -2.08. The maximum atomic E-state index is 13.0. The molecule has 0 saturated heterocycles. The number of halogens is 5. The molecule has 0 amide bonds. The van der Waals surface area contributed by atoms with Crippen LogP contribution in [0.15, 0.2) is 24.4 Å². The van der Waals surface area contributed by atoms with Gasteiger partial charge in [0.25, 0.3) is 0 Å². The van der Waals surface area contributed by atoms with E-state index in [9.17, 15) is 4.39 Å². The minimum atomic E-state index is -0.394. The summed E-state index contributed by atoms with van der Waals surface area (Å²) in [5, 5.41) is 0.960. The van der Waals surface area contributed by atoms with E-state index in [2.05, 4.69) is 4.98 Å². The van der Waals surface area contributed by atoms with Crippen molar-refractivity contribution in [2.75, 3.05) is 0 Å². The molecule has 0 fully saturated rings. The predicted molar refractivity (Wildman–Crippen MR) is 77.4 cm³/mol. The highest BCUT2D eigenvalue weighted by molar-refractivity contribution is 14.1. The SMILES string of the molecule is Fc1cnc(-c2ccc(Cl)c(Cl)c2Cl)c(I)c1. The van der Waals surface area contributed by atoms with Crippen molar-refractivity contribution in [1.82, 2.24) is 4.98 Å². The van der Waals surface area contributed by atoms with E-state index in [0.717, 1.165) is 6.20 Å². The average Bonchev–Trinajstić information content (AvgIpc) is 2.28. The molecule has 17 heavy (non-hydrogen) atoms. The zero-order chi connectivity index (χ0) is 12.6. The summed E-state index contributed by atoms with van der Waals surface area (Å²) in [6, 6.07) is 4.72. The van der Waals surface area contributed by atoms with Gasteiger partial charge in [-0.05, 0) is 40.8 Å². The first-order valence-electron chi connectivity index (χ1n) is 4.45. The molecule has 88 valence electrons. The van der Waals surface area contributed by atoms with Crippen LogP contribution >= 0.6 is 57.4 Å². The van der Waals surface area contributed by atoms with E-state index in [1.54, 1.807) is 12.1 Å². The molecule has 1 aromatic carbocycles. The fourth-order valence-electron chi connectivity index (χ4n) is 1.32. The van der Waals surface area contributed by atoms with Gasteiger partial charge in [-0.15, -0.1) is 0 Å². The molecule has 0 aliphatic rings. The van der Waals surface area contributed by atoms with Crippen LogP contribution < -0.4 is 0 Å². The van der Waals surface area contributed by atoms with Crippen LogP contribution in [0.5, 0.6) is 0 Å². The van der Waals surface area contributed by atoms with Crippen molar-refractivity contribution in [3.8, 4) is 11.3 Å². The van der Waals surface area contributed by atoms with Crippen LogP contribution in [-0.4, -0.2) is 4.98 Å². The van der Waals surface area contributed by atoms with Crippen LogP contribution in [0.2, 0.25) is 15.1 Å². The smallest absolute Gasteiger partial charge is 0.142 e. The zero-order valence-corrected chi connectivity index (χ0v) is 12.6. The fraction of sp³-hybridized carbons (Fsp3) is 0. The molecule has 2 aromatic rings. The monoisotopic (exact) mass is 401 g/mol. The van der Waals surface area contributed by atoms with Crippen LogP contribution in [0.4, 0.5) is 4.39 Å². The topological polar surface area (TPSA) is 12.9 Å². The van der Waals surface area contributed by atoms with Crippen molar-refractivity contribution < 1.29 is 4.39 Å².